The maximum atomic E-state index is 13.4. The lowest BCUT2D eigenvalue weighted by Gasteiger charge is -2.15. The Hall–Kier alpha value is -2.34. The van der Waals surface area contributed by atoms with Crippen LogP contribution in [0.4, 0.5) is 10.1 Å². The number of carbonyl (C=O) groups is 2. The van der Waals surface area contributed by atoms with Crippen molar-refractivity contribution in [1.29, 1.82) is 0 Å². The van der Waals surface area contributed by atoms with E-state index in [9.17, 15) is 14.0 Å². The number of ether oxygens (including phenoxy) is 1. The van der Waals surface area contributed by atoms with Crippen LogP contribution < -0.4 is 10.1 Å². The average Bonchev–Trinajstić information content (AvgIpc) is 2.63. The number of ketones is 1. The Morgan fingerprint density at radius 1 is 1.22 bits per heavy atom. The molecule has 144 valence electrons. The van der Waals surface area contributed by atoms with Crippen LogP contribution in [0.25, 0.3) is 0 Å². The first-order valence-electron chi connectivity index (χ1n) is 8.77. The average molecular weight is 389 g/mol. The lowest BCUT2D eigenvalue weighted by atomic mass is 10.1. The molecule has 0 heterocycles. The summed E-state index contributed by atoms with van der Waals surface area (Å²) in [6, 6.07) is 9.64. The number of aryl methyl sites for hydroxylation is 1. The van der Waals surface area contributed by atoms with Gasteiger partial charge in [-0.3, -0.25) is 9.59 Å². The van der Waals surface area contributed by atoms with E-state index in [-0.39, 0.29) is 16.9 Å². The van der Waals surface area contributed by atoms with Crippen molar-refractivity contribution in [3.8, 4) is 5.75 Å². The zero-order valence-corrected chi connectivity index (χ0v) is 16.8. The molecule has 2 aromatic rings. The normalized spacial score (nSPS) is 11.7. The van der Waals surface area contributed by atoms with Gasteiger partial charge in [0.25, 0.3) is 0 Å². The van der Waals surface area contributed by atoms with Gasteiger partial charge in [0.15, 0.2) is 5.78 Å². The van der Waals surface area contributed by atoms with Crippen molar-refractivity contribution < 1.29 is 18.7 Å². The van der Waals surface area contributed by atoms with E-state index in [4.69, 9.17) is 4.74 Å². The molecular formula is C21H24FNO3S. The Kier molecular flexibility index (Phi) is 7.42. The van der Waals surface area contributed by atoms with E-state index in [2.05, 4.69) is 5.32 Å². The van der Waals surface area contributed by atoms with E-state index in [0.717, 1.165) is 11.1 Å². The molecule has 0 aromatic heterocycles. The summed E-state index contributed by atoms with van der Waals surface area (Å²) in [6.07, 6.45) is 0. The smallest absolute Gasteiger partial charge is 0.237 e. The minimum absolute atomic E-state index is 0.0170. The Labute approximate surface area is 163 Å². The predicted molar refractivity (Wildman–Crippen MR) is 108 cm³/mol. The van der Waals surface area contributed by atoms with Crippen LogP contribution in [0.3, 0.4) is 0 Å². The summed E-state index contributed by atoms with van der Waals surface area (Å²) in [7, 11) is 0. The fraction of sp³-hybridized carbons (Fsp3) is 0.333. The zero-order chi connectivity index (χ0) is 20.0. The van der Waals surface area contributed by atoms with Crippen molar-refractivity contribution in [2.75, 3.05) is 11.9 Å². The Morgan fingerprint density at radius 3 is 2.63 bits per heavy atom. The van der Waals surface area contributed by atoms with E-state index in [1.807, 2.05) is 19.9 Å². The molecule has 1 N–H and O–H groups in total. The maximum Gasteiger partial charge on any atom is 0.237 e. The largest absolute Gasteiger partial charge is 0.494 e. The van der Waals surface area contributed by atoms with Crippen molar-refractivity contribution in [3.63, 3.8) is 0 Å². The molecular weight excluding hydrogens is 365 g/mol. The molecule has 0 saturated heterocycles. The highest BCUT2D eigenvalue weighted by atomic mass is 32.2. The van der Waals surface area contributed by atoms with Gasteiger partial charge in [-0.15, -0.1) is 11.8 Å². The second-order valence-electron chi connectivity index (χ2n) is 6.21. The monoisotopic (exact) mass is 389 g/mol. The summed E-state index contributed by atoms with van der Waals surface area (Å²) in [5.41, 5.74) is 2.76. The van der Waals surface area contributed by atoms with E-state index < -0.39 is 5.82 Å². The summed E-state index contributed by atoms with van der Waals surface area (Å²) in [4.78, 5) is 24.1. The minimum atomic E-state index is -0.390. The third kappa shape index (κ3) is 5.82. The molecule has 1 unspecified atom stereocenters. The highest BCUT2D eigenvalue weighted by Crippen LogP contribution is 2.28. The second-order valence-corrected chi connectivity index (χ2v) is 7.54. The SMILES string of the molecule is CCOc1ccc(C(C)=O)cc1CSC(C)C(=O)Nc1cc(F)ccc1C. The van der Waals surface area contributed by atoms with Crippen molar-refractivity contribution >= 4 is 29.1 Å². The Bertz CT molecular complexity index is 838. The number of thioether (sulfide) groups is 1. The number of anilines is 1. The van der Waals surface area contributed by atoms with Gasteiger partial charge in [-0.25, -0.2) is 4.39 Å². The molecule has 2 aromatic carbocycles. The highest BCUT2D eigenvalue weighted by molar-refractivity contribution is 7.99. The zero-order valence-electron chi connectivity index (χ0n) is 16.0. The Balaban J connectivity index is 2.06. The third-order valence-electron chi connectivity index (χ3n) is 4.08. The number of carbonyl (C=O) groups excluding carboxylic acids is 2. The molecule has 27 heavy (non-hydrogen) atoms. The summed E-state index contributed by atoms with van der Waals surface area (Å²) in [5.74, 6) is 0.626. The van der Waals surface area contributed by atoms with Crippen LogP contribution in [0.5, 0.6) is 5.75 Å². The first-order valence-corrected chi connectivity index (χ1v) is 9.82. The quantitative estimate of drug-likeness (QED) is 0.646. The molecule has 0 fully saturated rings. The number of halogens is 1. The van der Waals surface area contributed by atoms with Gasteiger partial charge < -0.3 is 10.1 Å². The number of benzene rings is 2. The summed E-state index contributed by atoms with van der Waals surface area (Å²) >= 11 is 1.43. The van der Waals surface area contributed by atoms with Gasteiger partial charge in [0, 0.05) is 22.6 Å². The van der Waals surface area contributed by atoms with E-state index in [1.165, 1.54) is 30.8 Å². The molecule has 4 nitrogen and oxygen atoms in total. The fourth-order valence-corrected chi connectivity index (χ4v) is 3.33. The van der Waals surface area contributed by atoms with Crippen LogP contribution in [-0.2, 0) is 10.5 Å². The molecule has 6 heteroatoms. The molecule has 2 rings (SSSR count). The van der Waals surface area contributed by atoms with Crippen molar-refractivity contribution in [3.05, 3.63) is 58.9 Å². The van der Waals surface area contributed by atoms with Crippen LogP contribution in [-0.4, -0.2) is 23.5 Å². The second kappa shape index (κ2) is 9.55. The summed E-state index contributed by atoms with van der Waals surface area (Å²) in [6.45, 7) is 7.54. The first kappa shape index (κ1) is 21.0. The molecule has 0 spiro atoms. The van der Waals surface area contributed by atoms with Crippen molar-refractivity contribution in [2.24, 2.45) is 0 Å². The topological polar surface area (TPSA) is 55.4 Å². The lowest BCUT2D eigenvalue weighted by molar-refractivity contribution is -0.115. The van der Waals surface area contributed by atoms with E-state index in [0.29, 0.717) is 29.4 Å². The lowest BCUT2D eigenvalue weighted by Crippen LogP contribution is -2.23. The number of nitrogens with one attached hydrogen (secondary N) is 1. The number of rotatable bonds is 8. The van der Waals surface area contributed by atoms with Gasteiger partial charge in [-0.1, -0.05) is 6.07 Å². The maximum absolute atomic E-state index is 13.4. The van der Waals surface area contributed by atoms with Gasteiger partial charge in [0.05, 0.1) is 11.9 Å². The van der Waals surface area contributed by atoms with Gasteiger partial charge in [-0.05, 0) is 63.6 Å². The molecule has 0 radical (unpaired) electrons. The molecule has 1 amide bonds. The molecule has 1 atom stereocenters. The number of hydrogen-bond acceptors (Lipinski definition) is 4. The highest BCUT2D eigenvalue weighted by Gasteiger charge is 2.17. The number of Topliss-reactive ketones (excluding diaryl/α,β-unsaturated/α-hetero) is 1. The Morgan fingerprint density at radius 2 is 1.96 bits per heavy atom. The minimum Gasteiger partial charge on any atom is -0.494 e. The van der Waals surface area contributed by atoms with Crippen LogP contribution in [0.15, 0.2) is 36.4 Å². The number of amides is 1. The molecule has 0 bridgehead atoms. The van der Waals surface area contributed by atoms with Gasteiger partial charge in [0.1, 0.15) is 11.6 Å². The first-order chi connectivity index (χ1) is 12.8. The van der Waals surface area contributed by atoms with Crippen LogP contribution in [0.2, 0.25) is 0 Å². The van der Waals surface area contributed by atoms with Crippen LogP contribution in [0, 0.1) is 12.7 Å². The standard InChI is InChI=1S/C21H24FNO3S/c1-5-26-20-9-7-16(14(3)24)10-17(20)12-27-15(4)21(25)23-19-11-18(22)8-6-13(19)2/h6-11,15H,5,12H2,1-4H3,(H,23,25). The van der Waals surface area contributed by atoms with E-state index in [1.54, 1.807) is 25.1 Å². The van der Waals surface area contributed by atoms with E-state index >= 15 is 0 Å². The van der Waals surface area contributed by atoms with Crippen molar-refractivity contribution in [2.45, 2.75) is 38.7 Å². The van der Waals surface area contributed by atoms with Gasteiger partial charge in [0.2, 0.25) is 5.91 Å². The molecule has 0 saturated carbocycles. The molecule has 0 aliphatic rings. The van der Waals surface area contributed by atoms with Crippen LogP contribution >= 0.6 is 11.8 Å². The summed E-state index contributed by atoms with van der Waals surface area (Å²) < 4.78 is 19.0. The molecule has 0 aliphatic heterocycles. The van der Waals surface area contributed by atoms with Crippen LogP contribution in [0.1, 0.15) is 42.3 Å². The predicted octanol–water partition coefficient (Wildman–Crippen LogP) is 5.00. The van der Waals surface area contributed by atoms with Crippen molar-refractivity contribution in [1.82, 2.24) is 0 Å². The summed E-state index contributed by atoms with van der Waals surface area (Å²) in [5, 5.41) is 2.41. The van der Waals surface area contributed by atoms with Gasteiger partial charge in [-0.2, -0.15) is 0 Å². The molecule has 0 aliphatic carbocycles. The number of hydrogen-bond donors (Lipinski definition) is 1. The third-order valence-corrected chi connectivity index (χ3v) is 5.27. The van der Waals surface area contributed by atoms with Gasteiger partial charge >= 0.3 is 0 Å². The fourth-order valence-electron chi connectivity index (χ4n) is 2.46.